The average Bonchev–Trinajstić information content (AvgIpc) is 3.49. The number of H-pyrrole nitrogens is 1. The third kappa shape index (κ3) is 3.08. The van der Waals surface area contributed by atoms with Gasteiger partial charge in [-0.1, -0.05) is 35.9 Å². The van der Waals surface area contributed by atoms with Crippen LogP contribution in [0.15, 0.2) is 30.3 Å². The SMILES string of the molecule is O[C@@H]1CO[C@H]2[C@@H]1OC[C@H]2Oc1nc2nc(C[C@@H]3CCc4ccccc43)c(Cl)cc2[nH]1. The van der Waals surface area contributed by atoms with Crippen LogP contribution < -0.4 is 4.74 Å². The molecule has 30 heavy (non-hydrogen) atoms. The number of aromatic amines is 1. The third-order valence-corrected chi connectivity index (χ3v) is 6.75. The lowest BCUT2D eigenvalue weighted by Crippen LogP contribution is -2.34. The molecule has 0 amide bonds. The summed E-state index contributed by atoms with van der Waals surface area (Å²) in [6, 6.07) is 10.8. The molecule has 6 rings (SSSR count). The summed E-state index contributed by atoms with van der Waals surface area (Å²) in [5, 5.41) is 10.5. The maximum Gasteiger partial charge on any atom is 0.296 e. The molecule has 1 aliphatic carbocycles. The third-order valence-electron chi connectivity index (χ3n) is 6.42. The van der Waals surface area contributed by atoms with E-state index < -0.39 is 6.10 Å². The molecule has 2 aromatic heterocycles. The fourth-order valence-electron chi connectivity index (χ4n) is 4.91. The molecule has 3 aliphatic rings. The Morgan fingerprint density at radius 1 is 1.17 bits per heavy atom. The van der Waals surface area contributed by atoms with Gasteiger partial charge in [-0.05, 0) is 42.4 Å². The van der Waals surface area contributed by atoms with Gasteiger partial charge in [0.2, 0.25) is 0 Å². The standard InChI is InChI=1S/C22H22ClN3O4/c23-14-8-16-21(24-15(14)7-12-6-5-11-3-1-2-4-13(11)12)26-22(25-16)30-18-10-29-19-17(27)9-28-20(18)19/h1-4,8,12,17-20,27H,5-7,9-10H2,(H,24,25,26)/t12-,17+,18+,19+,20+/m0/s1. The Hall–Kier alpha value is -2.19. The van der Waals surface area contributed by atoms with Gasteiger partial charge in [-0.15, -0.1) is 0 Å². The Morgan fingerprint density at radius 2 is 2.03 bits per heavy atom. The van der Waals surface area contributed by atoms with Gasteiger partial charge in [-0.2, -0.15) is 4.98 Å². The number of aromatic nitrogens is 3. The van der Waals surface area contributed by atoms with Gasteiger partial charge in [-0.25, -0.2) is 4.98 Å². The molecule has 0 spiro atoms. The number of halogens is 1. The number of aliphatic hydroxyl groups excluding tert-OH is 1. The van der Waals surface area contributed by atoms with Crippen LogP contribution in [0, 0.1) is 0 Å². The fraction of sp³-hybridized carbons (Fsp3) is 0.455. The number of benzene rings is 1. The summed E-state index contributed by atoms with van der Waals surface area (Å²) < 4.78 is 17.2. The minimum atomic E-state index is -0.608. The van der Waals surface area contributed by atoms with Crippen LogP contribution in [-0.4, -0.2) is 57.7 Å². The number of pyridine rings is 1. The van der Waals surface area contributed by atoms with E-state index >= 15 is 0 Å². The Bertz CT molecular complexity index is 1100. The van der Waals surface area contributed by atoms with Crippen molar-refractivity contribution in [1.29, 1.82) is 0 Å². The van der Waals surface area contributed by atoms with E-state index in [1.165, 1.54) is 11.1 Å². The van der Waals surface area contributed by atoms with E-state index in [-0.39, 0.29) is 24.9 Å². The van der Waals surface area contributed by atoms with Crippen LogP contribution in [0.5, 0.6) is 6.01 Å². The van der Waals surface area contributed by atoms with Crippen LogP contribution in [0.2, 0.25) is 5.02 Å². The number of hydrogen-bond acceptors (Lipinski definition) is 6. The lowest BCUT2D eigenvalue weighted by atomic mass is 9.96. The highest BCUT2D eigenvalue weighted by Gasteiger charge is 2.48. The van der Waals surface area contributed by atoms with Gasteiger partial charge >= 0.3 is 0 Å². The van der Waals surface area contributed by atoms with E-state index in [9.17, 15) is 5.11 Å². The summed E-state index contributed by atoms with van der Waals surface area (Å²) in [6.45, 7) is 0.615. The first-order valence-corrected chi connectivity index (χ1v) is 10.7. The summed E-state index contributed by atoms with van der Waals surface area (Å²) in [5.74, 6) is 0.428. The summed E-state index contributed by atoms with van der Waals surface area (Å²) in [6.07, 6.45) is 1.45. The molecular weight excluding hydrogens is 406 g/mol. The molecule has 2 saturated heterocycles. The normalized spacial score (nSPS) is 30.0. The largest absolute Gasteiger partial charge is 0.456 e. The molecule has 4 heterocycles. The van der Waals surface area contributed by atoms with E-state index in [4.69, 9.17) is 30.8 Å². The van der Waals surface area contributed by atoms with Crippen molar-refractivity contribution in [1.82, 2.24) is 15.0 Å². The van der Waals surface area contributed by atoms with E-state index in [0.717, 1.165) is 30.5 Å². The molecule has 8 heteroatoms. The minimum Gasteiger partial charge on any atom is -0.456 e. The highest BCUT2D eigenvalue weighted by atomic mass is 35.5. The van der Waals surface area contributed by atoms with Crippen LogP contribution in [0.3, 0.4) is 0 Å². The number of hydrogen-bond donors (Lipinski definition) is 2. The van der Waals surface area contributed by atoms with Gasteiger partial charge in [-0.3, -0.25) is 0 Å². The summed E-state index contributed by atoms with van der Waals surface area (Å²) in [5.41, 5.74) is 4.99. The van der Waals surface area contributed by atoms with E-state index in [0.29, 0.717) is 29.2 Å². The number of fused-ring (bicyclic) bond motifs is 3. The molecular formula is C22H22ClN3O4. The highest BCUT2D eigenvalue weighted by Crippen LogP contribution is 2.37. The zero-order chi connectivity index (χ0) is 20.2. The Kier molecular flexibility index (Phi) is 4.46. The molecule has 2 aliphatic heterocycles. The van der Waals surface area contributed by atoms with Gasteiger partial charge in [0.1, 0.15) is 18.3 Å². The Labute approximate surface area is 178 Å². The van der Waals surface area contributed by atoms with Crippen LogP contribution in [0.1, 0.15) is 29.2 Å². The molecule has 1 aromatic carbocycles. The lowest BCUT2D eigenvalue weighted by molar-refractivity contribution is 0.00706. The monoisotopic (exact) mass is 427 g/mol. The molecule has 7 nitrogen and oxygen atoms in total. The predicted octanol–water partition coefficient (Wildman–Crippen LogP) is 2.79. The maximum absolute atomic E-state index is 9.88. The number of imidazole rings is 1. The number of aliphatic hydroxyl groups is 1. The number of rotatable bonds is 4. The lowest BCUT2D eigenvalue weighted by Gasteiger charge is -2.15. The molecule has 0 bridgehead atoms. The first-order chi connectivity index (χ1) is 14.7. The predicted molar refractivity (Wildman–Crippen MR) is 110 cm³/mol. The van der Waals surface area contributed by atoms with Crippen LogP contribution in [0.25, 0.3) is 11.2 Å². The Morgan fingerprint density at radius 3 is 2.97 bits per heavy atom. The van der Waals surface area contributed by atoms with Crippen molar-refractivity contribution >= 4 is 22.8 Å². The smallest absolute Gasteiger partial charge is 0.296 e. The number of nitrogens with zero attached hydrogens (tertiary/aromatic N) is 2. The van der Waals surface area contributed by atoms with Crippen molar-refractivity contribution in [3.05, 3.63) is 52.2 Å². The van der Waals surface area contributed by atoms with Crippen molar-refractivity contribution in [2.24, 2.45) is 0 Å². The van der Waals surface area contributed by atoms with Crippen LogP contribution >= 0.6 is 11.6 Å². The zero-order valence-corrected chi connectivity index (χ0v) is 17.0. The molecule has 5 atom stereocenters. The number of nitrogens with one attached hydrogen (secondary N) is 1. The quantitative estimate of drug-likeness (QED) is 0.665. The number of aryl methyl sites for hydroxylation is 1. The van der Waals surface area contributed by atoms with Gasteiger partial charge in [0.15, 0.2) is 11.8 Å². The van der Waals surface area contributed by atoms with Crippen molar-refractivity contribution < 1.29 is 19.3 Å². The topological polar surface area (TPSA) is 89.5 Å². The second-order valence-electron chi connectivity index (χ2n) is 8.29. The Balaban J connectivity index is 1.23. The summed E-state index contributed by atoms with van der Waals surface area (Å²) in [7, 11) is 0. The minimum absolute atomic E-state index is 0.264. The molecule has 2 fully saturated rings. The van der Waals surface area contributed by atoms with Crippen molar-refractivity contribution in [3.63, 3.8) is 0 Å². The zero-order valence-electron chi connectivity index (χ0n) is 16.3. The van der Waals surface area contributed by atoms with Crippen molar-refractivity contribution in [3.8, 4) is 6.01 Å². The number of ether oxygens (including phenoxy) is 3. The van der Waals surface area contributed by atoms with Crippen LogP contribution in [0.4, 0.5) is 0 Å². The van der Waals surface area contributed by atoms with Crippen LogP contribution in [-0.2, 0) is 22.3 Å². The summed E-state index contributed by atoms with van der Waals surface area (Å²) in [4.78, 5) is 12.4. The average molecular weight is 428 g/mol. The fourth-order valence-corrected chi connectivity index (χ4v) is 5.14. The van der Waals surface area contributed by atoms with E-state index in [2.05, 4.69) is 34.2 Å². The maximum atomic E-state index is 9.88. The van der Waals surface area contributed by atoms with Gasteiger partial charge in [0, 0.05) is 0 Å². The summed E-state index contributed by atoms with van der Waals surface area (Å²) >= 11 is 6.56. The first-order valence-electron chi connectivity index (χ1n) is 10.4. The molecule has 2 N–H and O–H groups in total. The second-order valence-corrected chi connectivity index (χ2v) is 8.70. The first kappa shape index (κ1) is 18.6. The highest BCUT2D eigenvalue weighted by molar-refractivity contribution is 6.31. The second kappa shape index (κ2) is 7.20. The van der Waals surface area contributed by atoms with Gasteiger partial charge in [0.05, 0.1) is 29.4 Å². The van der Waals surface area contributed by atoms with Gasteiger partial charge in [0.25, 0.3) is 6.01 Å². The molecule has 0 radical (unpaired) electrons. The van der Waals surface area contributed by atoms with E-state index in [1.807, 2.05) is 6.07 Å². The molecule has 156 valence electrons. The molecule has 0 saturated carbocycles. The molecule has 0 unspecified atom stereocenters. The molecule has 3 aromatic rings. The van der Waals surface area contributed by atoms with Crippen molar-refractivity contribution in [2.45, 2.75) is 49.6 Å². The van der Waals surface area contributed by atoms with Gasteiger partial charge < -0.3 is 24.3 Å². The van der Waals surface area contributed by atoms with Crippen molar-refractivity contribution in [2.75, 3.05) is 13.2 Å². The van der Waals surface area contributed by atoms with E-state index in [1.54, 1.807) is 0 Å².